The molecule has 106 valence electrons. The molecule has 0 bridgehead atoms. The summed E-state index contributed by atoms with van der Waals surface area (Å²) in [5.74, 6) is 0. The molecule has 20 heavy (non-hydrogen) atoms. The van der Waals surface area contributed by atoms with E-state index in [0.717, 1.165) is 55.2 Å². The van der Waals surface area contributed by atoms with Gasteiger partial charge in [-0.25, -0.2) is 0 Å². The summed E-state index contributed by atoms with van der Waals surface area (Å²) in [6.07, 6.45) is 5.73. The molecule has 5 heteroatoms. The Kier molecular flexibility index (Phi) is 2.65. The summed E-state index contributed by atoms with van der Waals surface area (Å²) >= 11 is 6.18. The molecular formula is C15H18ClN3O. The molecule has 1 spiro atoms. The quantitative estimate of drug-likeness (QED) is 0.757. The van der Waals surface area contributed by atoms with Gasteiger partial charge in [-0.3, -0.25) is 5.10 Å². The van der Waals surface area contributed by atoms with Crippen molar-refractivity contribution >= 4 is 22.5 Å². The maximum absolute atomic E-state index is 11.0. The van der Waals surface area contributed by atoms with Crippen molar-refractivity contribution in [3.8, 4) is 0 Å². The monoisotopic (exact) mass is 291 g/mol. The molecule has 0 amide bonds. The van der Waals surface area contributed by atoms with Gasteiger partial charge < -0.3 is 10.4 Å². The Bertz CT molecular complexity index is 652. The molecule has 4 nitrogen and oxygen atoms in total. The van der Waals surface area contributed by atoms with Gasteiger partial charge in [0.05, 0.1) is 17.3 Å². The van der Waals surface area contributed by atoms with Gasteiger partial charge in [0.15, 0.2) is 0 Å². The van der Waals surface area contributed by atoms with Crippen LogP contribution in [0.25, 0.3) is 10.9 Å². The summed E-state index contributed by atoms with van der Waals surface area (Å²) in [6.45, 7) is 2.12. The molecule has 3 N–H and O–H groups in total. The minimum absolute atomic E-state index is 0.314. The van der Waals surface area contributed by atoms with E-state index in [1.54, 1.807) is 6.20 Å². The zero-order chi connectivity index (χ0) is 13.8. The molecule has 1 saturated heterocycles. The lowest BCUT2D eigenvalue weighted by molar-refractivity contribution is -0.145. The van der Waals surface area contributed by atoms with Gasteiger partial charge in [-0.15, -0.1) is 0 Å². The predicted octanol–water partition coefficient (Wildman–Crippen LogP) is 2.57. The molecule has 2 aliphatic rings. The van der Waals surface area contributed by atoms with Gasteiger partial charge in [-0.1, -0.05) is 11.6 Å². The van der Waals surface area contributed by atoms with Crippen LogP contribution in [0.4, 0.5) is 0 Å². The summed E-state index contributed by atoms with van der Waals surface area (Å²) in [6, 6.07) is 3.77. The fraction of sp³-hybridized carbons (Fsp3) is 0.533. The van der Waals surface area contributed by atoms with Crippen LogP contribution in [0.1, 0.15) is 31.2 Å². The number of fused-ring (bicyclic) bond motifs is 1. The third-order valence-electron chi connectivity index (χ3n) is 5.01. The van der Waals surface area contributed by atoms with E-state index in [2.05, 4.69) is 15.5 Å². The smallest absolute Gasteiger partial charge is 0.0928 e. The largest absolute Gasteiger partial charge is 0.385 e. The van der Waals surface area contributed by atoms with Crippen molar-refractivity contribution in [1.29, 1.82) is 0 Å². The molecule has 0 radical (unpaired) electrons. The van der Waals surface area contributed by atoms with Gasteiger partial charge in [0.2, 0.25) is 0 Å². The zero-order valence-electron chi connectivity index (χ0n) is 11.2. The van der Waals surface area contributed by atoms with Crippen molar-refractivity contribution in [1.82, 2.24) is 15.5 Å². The molecule has 0 unspecified atom stereocenters. The molecular weight excluding hydrogens is 274 g/mol. The second kappa shape index (κ2) is 4.20. The van der Waals surface area contributed by atoms with Crippen LogP contribution >= 0.6 is 11.6 Å². The molecule has 1 saturated carbocycles. The van der Waals surface area contributed by atoms with Crippen LogP contribution < -0.4 is 5.32 Å². The van der Waals surface area contributed by atoms with E-state index in [1.165, 1.54) is 0 Å². The lowest BCUT2D eigenvalue weighted by Gasteiger charge is -2.55. The first kappa shape index (κ1) is 12.6. The molecule has 1 aliphatic carbocycles. The van der Waals surface area contributed by atoms with E-state index < -0.39 is 5.60 Å². The normalized spacial score (nSPS) is 23.9. The lowest BCUT2D eigenvalue weighted by atomic mass is 9.53. The van der Waals surface area contributed by atoms with Crippen molar-refractivity contribution in [3.63, 3.8) is 0 Å². The first-order valence-electron chi connectivity index (χ1n) is 7.17. The summed E-state index contributed by atoms with van der Waals surface area (Å²) in [5.41, 5.74) is 1.38. The van der Waals surface area contributed by atoms with Crippen LogP contribution in [-0.4, -0.2) is 28.4 Å². The molecule has 0 atom stereocenters. The number of nitrogens with one attached hydrogen (secondary N) is 2. The standard InChI is InChI=1S/C15H18ClN3O/c16-11-5-10-7-18-19-13(10)12(6-11)15(20)8-14(9-15)1-3-17-4-2-14/h5-7,17,20H,1-4,8-9H2,(H,18,19). The Morgan fingerprint density at radius 3 is 2.70 bits per heavy atom. The number of piperidine rings is 1. The highest BCUT2D eigenvalue weighted by atomic mass is 35.5. The molecule has 2 heterocycles. The van der Waals surface area contributed by atoms with Crippen molar-refractivity contribution in [3.05, 3.63) is 28.9 Å². The number of aliphatic hydroxyl groups is 1. The number of aromatic nitrogens is 2. The highest BCUT2D eigenvalue weighted by molar-refractivity contribution is 6.31. The van der Waals surface area contributed by atoms with Gasteiger partial charge >= 0.3 is 0 Å². The van der Waals surface area contributed by atoms with E-state index in [4.69, 9.17) is 11.6 Å². The van der Waals surface area contributed by atoms with Crippen LogP contribution in [0.3, 0.4) is 0 Å². The van der Waals surface area contributed by atoms with Gasteiger partial charge in [-0.2, -0.15) is 5.10 Å². The van der Waals surface area contributed by atoms with Gasteiger partial charge in [-0.05, 0) is 56.3 Å². The predicted molar refractivity (Wildman–Crippen MR) is 78.8 cm³/mol. The average Bonchev–Trinajstić information content (AvgIpc) is 2.85. The van der Waals surface area contributed by atoms with E-state index in [9.17, 15) is 5.11 Å². The number of halogens is 1. The molecule has 4 rings (SSSR count). The van der Waals surface area contributed by atoms with Gasteiger partial charge in [0, 0.05) is 16.0 Å². The maximum Gasteiger partial charge on any atom is 0.0928 e. The molecule has 2 aromatic rings. The minimum Gasteiger partial charge on any atom is -0.385 e. The Morgan fingerprint density at radius 1 is 1.20 bits per heavy atom. The Morgan fingerprint density at radius 2 is 1.95 bits per heavy atom. The van der Waals surface area contributed by atoms with Crippen LogP contribution in [0.2, 0.25) is 5.02 Å². The second-order valence-electron chi connectivity index (χ2n) is 6.42. The van der Waals surface area contributed by atoms with Crippen molar-refractivity contribution < 1.29 is 5.11 Å². The SMILES string of the molecule is OC1(c2cc(Cl)cc3cn[nH]c23)CC2(CCNCC2)C1. The maximum atomic E-state index is 11.0. The number of H-pyrrole nitrogens is 1. The van der Waals surface area contributed by atoms with Crippen LogP contribution in [0, 0.1) is 5.41 Å². The first-order chi connectivity index (χ1) is 9.60. The first-order valence-corrected chi connectivity index (χ1v) is 7.54. The fourth-order valence-electron chi connectivity index (χ4n) is 4.08. The number of benzene rings is 1. The van der Waals surface area contributed by atoms with Crippen molar-refractivity contribution in [2.24, 2.45) is 5.41 Å². The molecule has 1 aromatic heterocycles. The van der Waals surface area contributed by atoms with E-state index in [0.29, 0.717) is 10.4 Å². The summed E-state index contributed by atoms with van der Waals surface area (Å²) in [5, 5.41) is 23.1. The Hall–Kier alpha value is -1.10. The van der Waals surface area contributed by atoms with Crippen molar-refractivity contribution in [2.75, 3.05) is 13.1 Å². The minimum atomic E-state index is -0.757. The third kappa shape index (κ3) is 1.79. The summed E-state index contributed by atoms with van der Waals surface area (Å²) in [4.78, 5) is 0. The molecule has 2 fully saturated rings. The topological polar surface area (TPSA) is 60.9 Å². The highest BCUT2D eigenvalue weighted by Gasteiger charge is 2.55. The number of hydrogen-bond acceptors (Lipinski definition) is 3. The molecule has 1 aliphatic heterocycles. The number of hydrogen-bond donors (Lipinski definition) is 3. The van der Waals surface area contributed by atoms with Crippen LogP contribution in [0.5, 0.6) is 0 Å². The van der Waals surface area contributed by atoms with Gasteiger partial charge in [0.25, 0.3) is 0 Å². The van der Waals surface area contributed by atoms with Crippen LogP contribution in [-0.2, 0) is 5.60 Å². The molecule has 1 aromatic carbocycles. The second-order valence-corrected chi connectivity index (χ2v) is 6.86. The summed E-state index contributed by atoms with van der Waals surface area (Å²) in [7, 11) is 0. The van der Waals surface area contributed by atoms with E-state index in [1.807, 2.05) is 12.1 Å². The highest BCUT2D eigenvalue weighted by Crippen LogP contribution is 2.59. The lowest BCUT2D eigenvalue weighted by Crippen LogP contribution is -2.54. The summed E-state index contributed by atoms with van der Waals surface area (Å²) < 4.78 is 0. The van der Waals surface area contributed by atoms with Crippen LogP contribution in [0.15, 0.2) is 18.3 Å². The van der Waals surface area contributed by atoms with E-state index in [-0.39, 0.29) is 0 Å². The number of aromatic amines is 1. The van der Waals surface area contributed by atoms with Gasteiger partial charge in [0.1, 0.15) is 0 Å². The van der Waals surface area contributed by atoms with E-state index >= 15 is 0 Å². The Balaban J connectivity index is 1.71. The number of rotatable bonds is 1. The zero-order valence-corrected chi connectivity index (χ0v) is 12.0. The fourth-order valence-corrected chi connectivity index (χ4v) is 4.30. The average molecular weight is 292 g/mol. The number of nitrogens with zero attached hydrogens (tertiary/aromatic N) is 1. The third-order valence-corrected chi connectivity index (χ3v) is 5.23. The van der Waals surface area contributed by atoms with Crippen molar-refractivity contribution in [2.45, 2.75) is 31.3 Å². The Labute approximate surface area is 122 Å².